The highest BCUT2D eigenvalue weighted by Gasteiger charge is 2.18. The van der Waals surface area contributed by atoms with Crippen molar-refractivity contribution in [2.45, 2.75) is 20.8 Å². The molecule has 3 rings (SSSR count). The van der Waals surface area contributed by atoms with Crippen molar-refractivity contribution in [3.05, 3.63) is 94.3 Å². The van der Waals surface area contributed by atoms with Gasteiger partial charge in [-0.3, -0.25) is 4.79 Å². The summed E-state index contributed by atoms with van der Waals surface area (Å²) in [5.74, 6) is -1.61. The van der Waals surface area contributed by atoms with E-state index in [-0.39, 0.29) is 16.9 Å². The Hall–Kier alpha value is -4.13. The highest BCUT2D eigenvalue weighted by molar-refractivity contribution is 5.98. The molecular weight excluding hydrogens is 394 g/mol. The van der Waals surface area contributed by atoms with E-state index in [4.69, 9.17) is 0 Å². The SMILES string of the molecule is C=C(O)c1cccc(/C=N\NC(=O)c2ccc(C(=O)O)c(-n3c(C)cc(C)c3C)c2)c1. The molecular formula is C24H23N3O4. The van der Waals surface area contributed by atoms with Crippen LogP contribution < -0.4 is 5.43 Å². The fourth-order valence-electron chi connectivity index (χ4n) is 3.36. The molecule has 1 amide bonds. The zero-order valence-corrected chi connectivity index (χ0v) is 17.5. The molecule has 0 aliphatic rings. The van der Waals surface area contributed by atoms with Crippen molar-refractivity contribution < 1.29 is 19.8 Å². The first kappa shape index (κ1) is 21.6. The summed E-state index contributed by atoms with van der Waals surface area (Å²) in [7, 11) is 0. The molecule has 1 aromatic heterocycles. The topological polar surface area (TPSA) is 104 Å². The number of hydrogen-bond donors (Lipinski definition) is 3. The molecule has 7 nitrogen and oxygen atoms in total. The molecule has 7 heteroatoms. The predicted octanol–water partition coefficient (Wildman–Crippen LogP) is 4.39. The monoisotopic (exact) mass is 417 g/mol. The summed E-state index contributed by atoms with van der Waals surface area (Å²) in [6.45, 7) is 9.22. The Kier molecular flexibility index (Phi) is 6.06. The number of rotatable bonds is 6. The molecule has 0 radical (unpaired) electrons. The van der Waals surface area contributed by atoms with Crippen molar-refractivity contribution >= 4 is 23.9 Å². The molecule has 3 N–H and O–H groups in total. The molecule has 2 aromatic carbocycles. The second-order valence-electron chi connectivity index (χ2n) is 7.20. The highest BCUT2D eigenvalue weighted by atomic mass is 16.4. The van der Waals surface area contributed by atoms with Crippen LogP contribution in [0.1, 0.15) is 48.8 Å². The molecule has 0 fully saturated rings. The maximum Gasteiger partial charge on any atom is 0.337 e. The van der Waals surface area contributed by atoms with Gasteiger partial charge in [-0.2, -0.15) is 5.10 Å². The van der Waals surface area contributed by atoms with Crippen LogP contribution in [0.5, 0.6) is 0 Å². The second-order valence-corrected chi connectivity index (χ2v) is 7.20. The van der Waals surface area contributed by atoms with Crippen LogP contribution in [0, 0.1) is 20.8 Å². The van der Waals surface area contributed by atoms with Gasteiger partial charge in [-0.15, -0.1) is 0 Å². The standard InChI is InChI=1S/C24H23N3O4/c1-14-10-15(2)27(16(14)3)22-12-20(8-9-21(22)24(30)31)23(29)26-25-13-18-6-5-7-19(11-18)17(4)28/h5-13,28H,4H2,1-3H3,(H,26,29)(H,30,31)/b25-13-. The van der Waals surface area contributed by atoms with E-state index in [1.165, 1.54) is 18.3 Å². The van der Waals surface area contributed by atoms with Crippen LogP contribution in [0.25, 0.3) is 11.4 Å². The van der Waals surface area contributed by atoms with Crippen molar-refractivity contribution in [1.29, 1.82) is 0 Å². The van der Waals surface area contributed by atoms with Gasteiger partial charge >= 0.3 is 5.97 Å². The van der Waals surface area contributed by atoms with E-state index in [9.17, 15) is 19.8 Å². The first-order valence-corrected chi connectivity index (χ1v) is 9.54. The van der Waals surface area contributed by atoms with E-state index in [1.807, 2.05) is 31.4 Å². The molecule has 31 heavy (non-hydrogen) atoms. The average molecular weight is 417 g/mol. The quantitative estimate of drug-likeness (QED) is 0.314. The third kappa shape index (κ3) is 4.56. The highest BCUT2D eigenvalue weighted by Crippen LogP contribution is 2.24. The number of aliphatic hydroxyl groups excluding tert-OH is 1. The zero-order valence-electron chi connectivity index (χ0n) is 17.5. The lowest BCUT2D eigenvalue weighted by Crippen LogP contribution is -2.19. The van der Waals surface area contributed by atoms with Crippen LogP contribution in [0.2, 0.25) is 0 Å². The predicted molar refractivity (Wildman–Crippen MR) is 120 cm³/mol. The number of carboxylic acid groups (broad SMARTS) is 1. The van der Waals surface area contributed by atoms with Crippen molar-refractivity contribution in [3.8, 4) is 5.69 Å². The van der Waals surface area contributed by atoms with E-state index in [0.29, 0.717) is 16.8 Å². The molecule has 0 spiro atoms. The third-order valence-electron chi connectivity index (χ3n) is 5.01. The lowest BCUT2D eigenvalue weighted by Gasteiger charge is -2.14. The molecule has 158 valence electrons. The molecule has 1 heterocycles. The summed E-state index contributed by atoms with van der Waals surface area (Å²) < 4.78 is 1.83. The van der Waals surface area contributed by atoms with Crippen molar-refractivity contribution in [2.75, 3.05) is 0 Å². The summed E-state index contributed by atoms with van der Waals surface area (Å²) in [5.41, 5.74) is 7.27. The summed E-state index contributed by atoms with van der Waals surface area (Å²) in [6, 6.07) is 13.3. The summed E-state index contributed by atoms with van der Waals surface area (Å²) in [4.78, 5) is 24.4. The van der Waals surface area contributed by atoms with Gasteiger partial charge in [-0.1, -0.05) is 24.8 Å². The number of nitrogens with one attached hydrogen (secondary N) is 1. The number of aryl methyl sites for hydroxylation is 2. The van der Waals surface area contributed by atoms with Crippen molar-refractivity contribution in [3.63, 3.8) is 0 Å². The third-order valence-corrected chi connectivity index (χ3v) is 5.01. The molecule has 0 saturated carbocycles. The molecule has 0 aliphatic heterocycles. The lowest BCUT2D eigenvalue weighted by atomic mass is 10.1. The van der Waals surface area contributed by atoms with E-state index in [1.54, 1.807) is 30.3 Å². The number of nitrogens with zero attached hydrogens (tertiary/aromatic N) is 2. The number of carboxylic acids is 1. The number of aromatic carboxylic acids is 1. The van der Waals surface area contributed by atoms with Crippen LogP contribution >= 0.6 is 0 Å². The minimum absolute atomic E-state index is 0.0591. The zero-order chi connectivity index (χ0) is 22.7. The fraction of sp³-hybridized carbons (Fsp3) is 0.125. The molecule has 0 bridgehead atoms. The van der Waals surface area contributed by atoms with Gasteiger partial charge in [-0.25, -0.2) is 10.2 Å². The number of hydrogen-bond acceptors (Lipinski definition) is 4. The number of hydrazone groups is 1. The van der Waals surface area contributed by atoms with Gasteiger partial charge in [0, 0.05) is 22.5 Å². The van der Waals surface area contributed by atoms with Gasteiger partial charge in [0.1, 0.15) is 5.76 Å². The maximum absolute atomic E-state index is 12.6. The van der Waals surface area contributed by atoms with E-state index >= 15 is 0 Å². The average Bonchev–Trinajstić information content (AvgIpc) is 2.98. The Labute approximate surface area is 180 Å². The minimum atomic E-state index is -1.07. The normalized spacial score (nSPS) is 10.9. The van der Waals surface area contributed by atoms with Gasteiger partial charge in [0.05, 0.1) is 17.5 Å². The largest absolute Gasteiger partial charge is 0.508 e. The number of amides is 1. The molecule has 0 saturated heterocycles. The van der Waals surface area contributed by atoms with Crippen LogP contribution in [0.4, 0.5) is 0 Å². The lowest BCUT2D eigenvalue weighted by molar-refractivity contribution is 0.0696. The summed E-state index contributed by atoms with van der Waals surface area (Å²) in [5, 5.41) is 23.1. The van der Waals surface area contributed by atoms with E-state index in [2.05, 4.69) is 17.1 Å². The summed E-state index contributed by atoms with van der Waals surface area (Å²) in [6.07, 6.45) is 1.44. The number of aliphatic hydroxyl groups is 1. The van der Waals surface area contributed by atoms with Gasteiger partial charge in [0.2, 0.25) is 0 Å². The molecule has 3 aromatic rings. The van der Waals surface area contributed by atoms with Gasteiger partial charge in [0.15, 0.2) is 0 Å². The van der Waals surface area contributed by atoms with Crippen molar-refractivity contribution in [1.82, 2.24) is 9.99 Å². The minimum Gasteiger partial charge on any atom is -0.508 e. The summed E-state index contributed by atoms with van der Waals surface area (Å²) >= 11 is 0. The number of carbonyl (C=O) groups excluding carboxylic acids is 1. The molecule has 0 atom stereocenters. The van der Waals surface area contributed by atoms with Gasteiger partial charge in [-0.05, 0) is 62.2 Å². The van der Waals surface area contributed by atoms with E-state index < -0.39 is 11.9 Å². The Balaban J connectivity index is 1.89. The Morgan fingerprint density at radius 1 is 1.03 bits per heavy atom. The number of aromatic nitrogens is 1. The van der Waals surface area contributed by atoms with Crippen LogP contribution in [0.3, 0.4) is 0 Å². The maximum atomic E-state index is 12.6. The van der Waals surface area contributed by atoms with Gasteiger partial charge in [0.25, 0.3) is 5.91 Å². The first-order valence-electron chi connectivity index (χ1n) is 9.54. The van der Waals surface area contributed by atoms with E-state index in [0.717, 1.165) is 17.0 Å². The Morgan fingerprint density at radius 2 is 1.77 bits per heavy atom. The smallest absolute Gasteiger partial charge is 0.337 e. The molecule has 0 aliphatic carbocycles. The fourth-order valence-corrected chi connectivity index (χ4v) is 3.36. The Morgan fingerprint density at radius 3 is 2.39 bits per heavy atom. The van der Waals surface area contributed by atoms with Crippen LogP contribution in [-0.2, 0) is 0 Å². The number of carbonyl (C=O) groups is 2. The van der Waals surface area contributed by atoms with Gasteiger partial charge < -0.3 is 14.8 Å². The Bertz CT molecular complexity index is 1220. The van der Waals surface area contributed by atoms with Crippen molar-refractivity contribution in [2.24, 2.45) is 5.10 Å². The first-order chi connectivity index (χ1) is 14.7. The van der Waals surface area contributed by atoms with Crippen LogP contribution in [0.15, 0.2) is 60.2 Å². The molecule has 0 unspecified atom stereocenters. The second kappa shape index (κ2) is 8.71. The number of benzene rings is 2. The van der Waals surface area contributed by atoms with Crippen LogP contribution in [-0.4, -0.2) is 32.9 Å².